The van der Waals surface area contributed by atoms with Gasteiger partial charge in [0.2, 0.25) is 5.91 Å². The highest BCUT2D eigenvalue weighted by Gasteiger charge is 2.24. The van der Waals surface area contributed by atoms with Crippen molar-refractivity contribution in [1.29, 1.82) is 0 Å². The average Bonchev–Trinajstić information content (AvgIpc) is 2.73. The molecule has 1 unspecified atom stereocenters. The lowest BCUT2D eigenvalue weighted by molar-refractivity contribution is -0.122. The Balaban J connectivity index is 1.71. The van der Waals surface area contributed by atoms with E-state index in [1.54, 1.807) is 30.5 Å². The number of carbonyl (C=O) groups is 2. The number of rotatable bonds is 6. The summed E-state index contributed by atoms with van der Waals surface area (Å²) < 4.78 is 10.4. The first-order valence-corrected chi connectivity index (χ1v) is 9.05. The smallest absolute Gasteiger partial charge is 0.259 e. The summed E-state index contributed by atoms with van der Waals surface area (Å²) in [6.07, 6.45) is 3.29. The Hall–Kier alpha value is -3.29. The second-order valence-electron chi connectivity index (χ2n) is 6.61. The number of methoxy groups -OCH3 is 2. The number of hydrogen-bond acceptors (Lipinski definition) is 6. The van der Waals surface area contributed by atoms with Crippen LogP contribution < -0.4 is 25.4 Å². The Morgan fingerprint density at radius 3 is 2.68 bits per heavy atom. The van der Waals surface area contributed by atoms with Crippen LogP contribution in [0.1, 0.15) is 23.2 Å². The van der Waals surface area contributed by atoms with Crippen LogP contribution in [-0.4, -0.2) is 44.1 Å². The molecular weight excluding hydrogens is 360 g/mol. The van der Waals surface area contributed by atoms with Crippen LogP contribution in [0.5, 0.6) is 11.5 Å². The van der Waals surface area contributed by atoms with Gasteiger partial charge in [-0.1, -0.05) is 0 Å². The third-order valence-corrected chi connectivity index (χ3v) is 4.80. The van der Waals surface area contributed by atoms with Crippen molar-refractivity contribution in [3.05, 3.63) is 42.1 Å². The summed E-state index contributed by atoms with van der Waals surface area (Å²) in [4.78, 5) is 30.5. The normalized spacial score (nSPS) is 16.4. The van der Waals surface area contributed by atoms with E-state index in [0.717, 1.165) is 25.2 Å². The van der Waals surface area contributed by atoms with Gasteiger partial charge < -0.3 is 25.4 Å². The molecule has 0 bridgehead atoms. The quantitative estimate of drug-likeness (QED) is 0.789. The summed E-state index contributed by atoms with van der Waals surface area (Å²) in [6.45, 7) is 1.39. The molecule has 2 aromatic rings. The van der Waals surface area contributed by atoms with Crippen molar-refractivity contribution in [2.24, 2.45) is 11.7 Å². The van der Waals surface area contributed by atoms with Crippen molar-refractivity contribution >= 4 is 23.3 Å². The number of nitrogens with one attached hydrogen (secondary N) is 1. The maximum atomic E-state index is 12.6. The Morgan fingerprint density at radius 2 is 2.04 bits per heavy atom. The Bertz CT molecular complexity index is 854. The molecule has 1 atom stereocenters. The molecule has 1 aromatic carbocycles. The van der Waals surface area contributed by atoms with Gasteiger partial charge in [-0.05, 0) is 43.2 Å². The van der Waals surface area contributed by atoms with Crippen LogP contribution in [-0.2, 0) is 4.79 Å². The minimum atomic E-state index is -0.322. The van der Waals surface area contributed by atoms with Crippen molar-refractivity contribution in [3.8, 4) is 11.5 Å². The lowest BCUT2D eigenvalue weighted by atomic mass is 9.97. The van der Waals surface area contributed by atoms with E-state index in [2.05, 4.69) is 10.3 Å². The van der Waals surface area contributed by atoms with Gasteiger partial charge in [0, 0.05) is 13.1 Å². The van der Waals surface area contributed by atoms with Gasteiger partial charge in [0.05, 0.1) is 37.6 Å². The van der Waals surface area contributed by atoms with E-state index in [4.69, 9.17) is 15.2 Å². The predicted octanol–water partition coefficient (Wildman–Crippen LogP) is 2.05. The molecule has 148 valence electrons. The SMILES string of the molecule is COc1ccc(OC)c(C(=O)Nc2ccc(N3CCCC(C(N)=O)C3)nc2)c1. The van der Waals surface area contributed by atoms with Gasteiger partial charge in [-0.25, -0.2) is 4.98 Å². The fraction of sp³-hybridized carbons (Fsp3) is 0.350. The summed E-state index contributed by atoms with van der Waals surface area (Å²) in [5.41, 5.74) is 6.36. The molecule has 0 radical (unpaired) electrons. The molecule has 8 nitrogen and oxygen atoms in total. The molecule has 0 aliphatic carbocycles. The average molecular weight is 384 g/mol. The van der Waals surface area contributed by atoms with Crippen molar-refractivity contribution in [2.75, 3.05) is 37.5 Å². The van der Waals surface area contributed by atoms with E-state index in [1.807, 2.05) is 11.0 Å². The molecular formula is C20H24N4O4. The first-order valence-electron chi connectivity index (χ1n) is 9.05. The zero-order chi connectivity index (χ0) is 20.1. The van der Waals surface area contributed by atoms with Crippen molar-refractivity contribution in [1.82, 2.24) is 4.98 Å². The summed E-state index contributed by atoms with van der Waals surface area (Å²) in [7, 11) is 3.04. The van der Waals surface area contributed by atoms with Gasteiger partial charge in [-0.3, -0.25) is 9.59 Å². The molecule has 1 aliphatic rings. The number of anilines is 2. The fourth-order valence-corrected chi connectivity index (χ4v) is 3.25. The first-order chi connectivity index (χ1) is 13.5. The highest BCUT2D eigenvalue weighted by molar-refractivity contribution is 6.06. The Labute approximate surface area is 163 Å². The zero-order valence-corrected chi connectivity index (χ0v) is 16.0. The van der Waals surface area contributed by atoms with Crippen LogP contribution in [0, 0.1) is 5.92 Å². The van der Waals surface area contributed by atoms with Crippen molar-refractivity contribution < 1.29 is 19.1 Å². The zero-order valence-electron chi connectivity index (χ0n) is 16.0. The van der Waals surface area contributed by atoms with Crippen LogP contribution in [0.2, 0.25) is 0 Å². The van der Waals surface area contributed by atoms with E-state index in [0.29, 0.717) is 29.3 Å². The van der Waals surface area contributed by atoms with E-state index in [1.165, 1.54) is 14.2 Å². The fourth-order valence-electron chi connectivity index (χ4n) is 3.25. The number of ether oxygens (including phenoxy) is 2. The molecule has 0 saturated carbocycles. The topological polar surface area (TPSA) is 107 Å². The lowest BCUT2D eigenvalue weighted by Gasteiger charge is -2.32. The van der Waals surface area contributed by atoms with Crippen LogP contribution in [0.4, 0.5) is 11.5 Å². The molecule has 1 saturated heterocycles. The van der Waals surface area contributed by atoms with Crippen LogP contribution in [0.15, 0.2) is 36.5 Å². The first kappa shape index (κ1) is 19.5. The Kier molecular flexibility index (Phi) is 5.98. The molecule has 1 aliphatic heterocycles. The maximum Gasteiger partial charge on any atom is 0.259 e. The second-order valence-corrected chi connectivity index (χ2v) is 6.61. The van der Waals surface area contributed by atoms with E-state index < -0.39 is 0 Å². The predicted molar refractivity (Wildman–Crippen MR) is 106 cm³/mol. The molecule has 8 heteroatoms. The number of piperidine rings is 1. The molecule has 3 N–H and O–H groups in total. The van der Waals surface area contributed by atoms with Gasteiger partial charge in [-0.15, -0.1) is 0 Å². The minimum Gasteiger partial charge on any atom is -0.497 e. The number of primary amides is 1. The molecule has 3 rings (SSSR count). The van der Waals surface area contributed by atoms with Gasteiger partial charge in [-0.2, -0.15) is 0 Å². The standard InChI is InChI=1S/C20H24N4O4/c1-27-15-6-7-17(28-2)16(10-15)20(26)23-14-5-8-18(22-11-14)24-9-3-4-13(12-24)19(21)25/h5-8,10-11,13H,3-4,9,12H2,1-2H3,(H2,21,25)(H,23,26). The number of carbonyl (C=O) groups excluding carboxylic acids is 2. The van der Waals surface area contributed by atoms with E-state index in [9.17, 15) is 9.59 Å². The number of nitrogens with zero attached hydrogens (tertiary/aromatic N) is 2. The summed E-state index contributed by atoms with van der Waals surface area (Å²) in [5, 5.41) is 2.81. The third-order valence-electron chi connectivity index (χ3n) is 4.80. The minimum absolute atomic E-state index is 0.157. The molecule has 2 amide bonds. The number of benzene rings is 1. The van der Waals surface area contributed by atoms with Crippen molar-refractivity contribution in [2.45, 2.75) is 12.8 Å². The lowest BCUT2D eigenvalue weighted by Crippen LogP contribution is -2.41. The Morgan fingerprint density at radius 1 is 1.21 bits per heavy atom. The number of pyridine rings is 1. The van der Waals surface area contributed by atoms with Gasteiger partial charge >= 0.3 is 0 Å². The maximum absolute atomic E-state index is 12.6. The van der Waals surface area contributed by atoms with Gasteiger partial charge in [0.25, 0.3) is 5.91 Å². The monoisotopic (exact) mass is 384 g/mol. The highest BCUT2D eigenvalue weighted by Crippen LogP contribution is 2.26. The number of amides is 2. The number of aromatic nitrogens is 1. The molecule has 28 heavy (non-hydrogen) atoms. The summed E-state index contributed by atoms with van der Waals surface area (Å²) in [6, 6.07) is 8.63. The largest absolute Gasteiger partial charge is 0.497 e. The number of nitrogens with two attached hydrogens (primary N) is 1. The molecule has 0 spiro atoms. The van der Waals surface area contributed by atoms with Crippen LogP contribution in [0.25, 0.3) is 0 Å². The van der Waals surface area contributed by atoms with Crippen LogP contribution in [0.3, 0.4) is 0 Å². The van der Waals surface area contributed by atoms with Crippen molar-refractivity contribution in [3.63, 3.8) is 0 Å². The third kappa shape index (κ3) is 4.33. The highest BCUT2D eigenvalue weighted by atomic mass is 16.5. The van der Waals surface area contributed by atoms with Crippen LogP contribution >= 0.6 is 0 Å². The summed E-state index contributed by atoms with van der Waals surface area (Å²) >= 11 is 0. The van der Waals surface area contributed by atoms with Gasteiger partial charge in [0.15, 0.2) is 0 Å². The number of hydrogen-bond donors (Lipinski definition) is 2. The summed E-state index contributed by atoms with van der Waals surface area (Å²) in [5.74, 6) is 1.01. The van der Waals surface area contributed by atoms with Gasteiger partial charge in [0.1, 0.15) is 17.3 Å². The molecule has 1 fully saturated rings. The molecule has 2 heterocycles. The molecule has 1 aromatic heterocycles. The van der Waals surface area contributed by atoms with E-state index >= 15 is 0 Å². The second kappa shape index (κ2) is 8.60. The van der Waals surface area contributed by atoms with E-state index in [-0.39, 0.29) is 17.7 Å².